The third-order valence-electron chi connectivity index (χ3n) is 1.66. The minimum Gasteiger partial charge on any atom is -0.383 e. The van der Waals surface area contributed by atoms with Gasteiger partial charge in [-0.05, 0) is 20.8 Å². The van der Waals surface area contributed by atoms with Gasteiger partial charge in [-0.25, -0.2) is 13.1 Å². The SMILES string of the molecule is COC[C@H](C)S(=O)(=O)NCC(C)(C)N. The Kier molecular flexibility index (Phi) is 5.00. The highest BCUT2D eigenvalue weighted by Crippen LogP contribution is 2.01. The van der Waals surface area contributed by atoms with Crippen molar-refractivity contribution in [3.63, 3.8) is 0 Å². The van der Waals surface area contributed by atoms with Gasteiger partial charge in [0.15, 0.2) is 0 Å². The van der Waals surface area contributed by atoms with Gasteiger partial charge in [-0.15, -0.1) is 0 Å². The van der Waals surface area contributed by atoms with Crippen LogP contribution in [-0.4, -0.2) is 39.5 Å². The van der Waals surface area contributed by atoms with E-state index in [0.29, 0.717) is 0 Å². The van der Waals surface area contributed by atoms with Crippen LogP contribution in [0.15, 0.2) is 0 Å². The summed E-state index contributed by atoms with van der Waals surface area (Å²) in [5.41, 5.74) is 5.12. The predicted octanol–water partition coefficient (Wildman–Crippen LogP) is -0.322. The molecule has 0 amide bonds. The smallest absolute Gasteiger partial charge is 0.216 e. The molecule has 5 nitrogen and oxygen atoms in total. The number of rotatable bonds is 6. The van der Waals surface area contributed by atoms with Crippen LogP contribution in [0.1, 0.15) is 20.8 Å². The van der Waals surface area contributed by atoms with E-state index in [9.17, 15) is 8.42 Å². The molecule has 3 N–H and O–H groups in total. The Labute approximate surface area is 86.1 Å². The number of nitrogens with one attached hydrogen (secondary N) is 1. The molecule has 0 heterocycles. The van der Waals surface area contributed by atoms with Gasteiger partial charge in [-0.3, -0.25) is 0 Å². The molecule has 0 rings (SSSR count). The molecule has 0 bridgehead atoms. The van der Waals surface area contributed by atoms with Gasteiger partial charge in [0.1, 0.15) is 0 Å². The van der Waals surface area contributed by atoms with Crippen LogP contribution in [0.2, 0.25) is 0 Å². The Morgan fingerprint density at radius 2 is 2.00 bits per heavy atom. The molecule has 0 aromatic carbocycles. The fraction of sp³-hybridized carbons (Fsp3) is 1.00. The molecule has 14 heavy (non-hydrogen) atoms. The van der Waals surface area contributed by atoms with E-state index in [1.165, 1.54) is 7.11 Å². The number of sulfonamides is 1. The minimum absolute atomic E-state index is 0.181. The summed E-state index contributed by atoms with van der Waals surface area (Å²) in [5, 5.41) is -0.560. The van der Waals surface area contributed by atoms with Gasteiger partial charge in [-0.1, -0.05) is 0 Å². The van der Waals surface area contributed by atoms with Crippen LogP contribution in [0.5, 0.6) is 0 Å². The lowest BCUT2D eigenvalue weighted by Crippen LogP contribution is -2.47. The molecule has 1 atom stereocenters. The molecular formula is C8H20N2O3S. The first kappa shape index (κ1) is 13.8. The fourth-order valence-electron chi connectivity index (χ4n) is 0.753. The third kappa shape index (κ3) is 5.54. The molecule has 0 saturated heterocycles. The molecular weight excluding hydrogens is 204 g/mol. The van der Waals surface area contributed by atoms with E-state index < -0.39 is 20.8 Å². The molecule has 0 aliphatic rings. The lowest BCUT2D eigenvalue weighted by atomic mass is 10.1. The highest BCUT2D eigenvalue weighted by molar-refractivity contribution is 7.90. The van der Waals surface area contributed by atoms with Gasteiger partial charge < -0.3 is 10.5 Å². The monoisotopic (exact) mass is 224 g/mol. The van der Waals surface area contributed by atoms with Gasteiger partial charge >= 0.3 is 0 Å². The second kappa shape index (κ2) is 5.06. The molecule has 0 aromatic heterocycles. The zero-order valence-electron chi connectivity index (χ0n) is 9.20. The second-order valence-electron chi connectivity index (χ2n) is 4.12. The molecule has 0 spiro atoms. The van der Waals surface area contributed by atoms with E-state index >= 15 is 0 Å². The Balaban J connectivity index is 4.22. The number of hydrogen-bond acceptors (Lipinski definition) is 4. The van der Waals surface area contributed by atoms with E-state index in [2.05, 4.69) is 4.72 Å². The topological polar surface area (TPSA) is 81.4 Å². The summed E-state index contributed by atoms with van der Waals surface area (Å²) in [7, 11) is -1.84. The highest BCUT2D eigenvalue weighted by Gasteiger charge is 2.22. The molecule has 6 heteroatoms. The summed E-state index contributed by atoms with van der Waals surface area (Å²) < 4.78 is 30.3. The largest absolute Gasteiger partial charge is 0.383 e. The van der Waals surface area contributed by atoms with Gasteiger partial charge in [0.25, 0.3) is 0 Å². The molecule has 0 aromatic rings. The van der Waals surface area contributed by atoms with E-state index in [0.717, 1.165) is 0 Å². The van der Waals surface area contributed by atoms with Crippen LogP contribution in [0.4, 0.5) is 0 Å². The molecule has 0 aliphatic carbocycles. The van der Waals surface area contributed by atoms with Crippen LogP contribution in [0, 0.1) is 0 Å². The first-order chi connectivity index (χ1) is 6.19. The van der Waals surface area contributed by atoms with Crippen molar-refractivity contribution in [2.75, 3.05) is 20.3 Å². The third-order valence-corrected chi connectivity index (χ3v) is 3.40. The minimum atomic E-state index is -3.31. The van der Waals surface area contributed by atoms with Crippen LogP contribution >= 0.6 is 0 Å². The predicted molar refractivity (Wildman–Crippen MR) is 56.5 cm³/mol. The van der Waals surface area contributed by atoms with Crippen LogP contribution in [-0.2, 0) is 14.8 Å². The standard InChI is InChI=1S/C8H20N2O3S/c1-7(5-13-4)14(11,12)10-6-8(2,3)9/h7,10H,5-6,9H2,1-4H3/t7-/m0/s1. The number of methoxy groups -OCH3 is 1. The van der Waals surface area contributed by atoms with Crippen LogP contribution < -0.4 is 10.5 Å². The van der Waals surface area contributed by atoms with Crippen molar-refractivity contribution in [2.24, 2.45) is 5.73 Å². The highest BCUT2D eigenvalue weighted by atomic mass is 32.2. The summed E-state index contributed by atoms with van der Waals surface area (Å²) in [5.74, 6) is 0. The van der Waals surface area contributed by atoms with Crippen LogP contribution in [0.3, 0.4) is 0 Å². The molecule has 0 fully saturated rings. The number of hydrogen-bond donors (Lipinski definition) is 2. The fourth-order valence-corrected chi connectivity index (χ4v) is 1.93. The lowest BCUT2D eigenvalue weighted by Gasteiger charge is -2.20. The molecule has 0 saturated carbocycles. The van der Waals surface area contributed by atoms with Crippen molar-refractivity contribution in [1.29, 1.82) is 0 Å². The van der Waals surface area contributed by atoms with Crippen molar-refractivity contribution in [1.82, 2.24) is 4.72 Å². The van der Waals surface area contributed by atoms with E-state index in [1.807, 2.05) is 0 Å². The zero-order valence-corrected chi connectivity index (χ0v) is 10.0. The maximum Gasteiger partial charge on any atom is 0.216 e. The summed E-state index contributed by atoms with van der Waals surface area (Å²) >= 11 is 0. The van der Waals surface area contributed by atoms with Crippen molar-refractivity contribution < 1.29 is 13.2 Å². The molecule has 0 unspecified atom stereocenters. The van der Waals surface area contributed by atoms with E-state index in [1.54, 1.807) is 20.8 Å². The maximum atomic E-state index is 11.5. The van der Waals surface area contributed by atoms with E-state index in [4.69, 9.17) is 10.5 Å². The second-order valence-corrected chi connectivity index (χ2v) is 6.30. The Bertz CT molecular complexity index is 256. The Morgan fingerprint density at radius 3 is 2.36 bits per heavy atom. The van der Waals surface area contributed by atoms with Gasteiger partial charge in [0.2, 0.25) is 10.0 Å². The normalized spacial score (nSPS) is 15.5. The molecule has 0 radical (unpaired) electrons. The zero-order chi connectivity index (χ0) is 11.4. The summed E-state index contributed by atoms with van der Waals surface area (Å²) in [6.07, 6.45) is 0. The van der Waals surface area contributed by atoms with Crippen molar-refractivity contribution >= 4 is 10.0 Å². The van der Waals surface area contributed by atoms with Gasteiger partial charge in [0.05, 0.1) is 11.9 Å². The Hall–Kier alpha value is -0.170. The Morgan fingerprint density at radius 1 is 1.50 bits per heavy atom. The number of ether oxygens (including phenoxy) is 1. The van der Waals surface area contributed by atoms with E-state index in [-0.39, 0.29) is 13.2 Å². The first-order valence-electron chi connectivity index (χ1n) is 4.45. The summed E-state index contributed by atoms with van der Waals surface area (Å²) in [4.78, 5) is 0. The van der Waals surface area contributed by atoms with Gasteiger partial charge in [-0.2, -0.15) is 0 Å². The van der Waals surface area contributed by atoms with Crippen molar-refractivity contribution in [3.8, 4) is 0 Å². The summed E-state index contributed by atoms with van der Waals surface area (Å²) in [6, 6.07) is 0. The van der Waals surface area contributed by atoms with Crippen molar-refractivity contribution in [2.45, 2.75) is 31.6 Å². The lowest BCUT2D eigenvalue weighted by molar-refractivity contribution is 0.200. The maximum absolute atomic E-state index is 11.5. The molecule has 0 aliphatic heterocycles. The van der Waals surface area contributed by atoms with Gasteiger partial charge in [0, 0.05) is 19.2 Å². The van der Waals surface area contributed by atoms with Crippen molar-refractivity contribution in [3.05, 3.63) is 0 Å². The summed E-state index contributed by atoms with van der Waals surface area (Å²) in [6.45, 7) is 5.52. The average molecular weight is 224 g/mol. The molecule has 86 valence electrons. The number of nitrogens with two attached hydrogens (primary N) is 1. The first-order valence-corrected chi connectivity index (χ1v) is 6.00. The average Bonchev–Trinajstić information content (AvgIpc) is 2.00. The quantitative estimate of drug-likeness (QED) is 0.648. The van der Waals surface area contributed by atoms with Crippen LogP contribution in [0.25, 0.3) is 0 Å².